The summed E-state index contributed by atoms with van der Waals surface area (Å²) in [5, 5.41) is 0.794. The van der Waals surface area contributed by atoms with E-state index in [-0.39, 0.29) is 0 Å². The van der Waals surface area contributed by atoms with Crippen LogP contribution in [0.5, 0.6) is 0 Å². The zero-order valence-electron chi connectivity index (χ0n) is 12.0. The lowest BCUT2D eigenvalue weighted by atomic mass is 10.0. The molecular weight excluding hydrogens is 300 g/mol. The van der Waals surface area contributed by atoms with Crippen molar-refractivity contribution in [2.24, 2.45) is 5.73 Å². The largest absolute Gasteiger partial charge is 0.366 e. The minimum absolute atomic E-state index is 0.291. The van der Waals surface area contributed by atoms with Gasteiger partial charge in [-0.05, 0) is 29.3 Å². The fourth-order valence-electron chi connectivity index (χ4n) is 2.36. The molecular formula is C17H13F2N3O. The van der Waals surface area contributed by atoms with Gasteiger partial charge in [-0.3, -0.25) is 4.79 Å². The fourth-order valence-corrected chi connectivity index (χ4v) is 2.36. The molecule has 0 aliphatic rings. The number of aromatic nitrogens is 2. The lowest BCUT2D eigenvalue weighted by Gasteiger charge is -2.04. The van der Waals surface area contributed by atoms with Gasteiger partial charge in [0.1, 0.15) is 17.3 Å². The molecule has 0 aliphatic heterocycles. The molecule has 1 aromatic carbocycles. The van der Waals surface area contributed by atoms with Crippen LogP contribution in [0.15, 0.2) is 42.7 Å². The monoisotopic (exact) mass is 313 g/mol. The van der Waals surface area contributed by atoms with Crippen molar-refractivity contribution in [3.05, 3.63) is 71.1 Å². The van der Waals surface area contributed by atoms with Gasteiger partial charge in [-0.25, -0.2) is 13.8 Å². The van der Waals surface area contributed by atoms with Crippen molar-refractivity contribution < 1.29 is 13.6 Å². The van der Waals surface area contributed by atoms with Crippen LogP contribution in [-0.4, -0.2) is 15.9 Å². The number of hydrogen-bond acceptors (Lipinski definition) is 2. The van der Waals surface area contributed by atoms with E-state index in [1.165, 1.54) is 18.2 Å². The molecule has 0 spiro atoms. The maximum atomic E-state index is 13.7. The van der Waals surface area contributed by atoms with Crippen molar-refractivity contribution >= 4 is 23.0 Å². The highest BCUT2D eigenvalue weighted by molar-refractivity contribution is 5.94. The average molecular weight is 313 g/mol. The molecule has 0 atom stereocenters. The molecule has 0 unspecified atom stereocenters. The zero-order chi connectivity index (χ0) is 16.4. The topological polar surface area (TPSA) is 71.8 Å². The first-order valence-corrected chi connectivity index (χ1v) is 6.90. The molecule has 3 N–H and O–H groups in total. The van der Waals surface area contributed by atoms with Gasteiger partial charge < -0.3 is 10.7 Å². The number of benzene rings is 1. The van der Waals surface area contributed by atoms with E-state index in [0.717, 1.165) is 22.6 Å². The average Bonchev–Trinajstić information content (AvgIpc) is 2.90. The van der Waals surface area contributed by atoms with Gasteiger partial charge in [-0.15, -0.1) is 0 Å². The molecule has 116 valence electrons. The molecule has 0 saturated heterocycles. The van der Waals surface area contributed by atoms with E-state index in [1.54, 1.807) is 18.5 Å². The van der Waals surface area contributed by atoms with Crippen LogP contribution in [0.2, 0.25) is 0 Å². The van der Waals surface area contributed by atoms with Gasteiger partial charge in [0, 0.05) is 41.9 Å². The second-order valence-corrected chi connectivity index (χ2v) is 5.13. The number of rotatable bonds is 4. The number of pyridine rings is 1. The number of hydrogen-bond donors (Lipinski definition) is 2. The minimum atomic E-state index is -0.607. The Balaban J connectivity index is 1.95. The van der Waals surface area contributed by atoms with Crippen LogP contribution in [0.3, 0.4) is 0 Å². The number of carbonyl (C=O) groups excluding carboxylic acids is 1. The molecule has 6 heteroatoms. The highest BCUT2D eigenvalue weighted by Gasteiger charge is 2.08. The number of nitrogens with zero attached hydrogens (tertiary/aromatic N) is 1. The Kier molecular flexibility index (Phi) is 3.89. The molecule has 0 aliphatic carbocycles. The maximum absolute atomic E-state index is 13.7. The number of nitrogens with two attached hydrogens (primary N) is 1. The standard InChI is InChI=1S/C17H13F2N3O/c18-13-3-1-11(15(19)7-13)5-10-6-14-12(2-4-16(20)23)9-22-17(14)21-8-10/h1-4,6-9H,5H2,(H2,20,23)(H,21,22). The number of halogens is 2. The Bertz CT molecular complexity index is 915. The fraction of sp³-hybridized carbons (Fsp3) is 0.0588. The van der Waals surface area contributed by atoms with E-state index in [1.807, 2.05) is 6.07 Å². The third-order valence-electron chi connectivity index (χ3n) is 3.46. The van der Waals surface area contributed by atoms with Gasteiger partial charge in [0.2, 0.25) is 5.91 Å². The first kappa shape index (κ1) is 14.9. The van der Waals surface area contributed by atoms with Gasteiger partial charge >= 0.3 is 0 Å². The van der Waals surface area contributed by atoms with Crippen LogP contribution in [0.4, 0.5) is 8.78 Å². The summed E-state index contributed by atoms with van der Waals surface area (Å²) < 4.78 is 26.7. The highest BCUT2D eigenvalue weighted by Crippen LogP contribution is 2.21. The number of primary amides is 1. The summed E-state index contributed by atoms with van der Waals surface area (Å²) in [6.45, 7) is 0. The van der Waals surface area contributed by atoms with Crippen molar-refractivity contribution in [2.45, 2.75) is 6.42 Å². The van der Waals surface area contributed by atoms with Gasteiger partial charge in [0.05, 0.1) is 0 Å². The number of H-pyrrole nitrogens is 1. The van der Waals surface area contributed by atoms with Gasteiger partial charge in [-0.2, -0.15) is 0 Å². The number of aromatic amines is 1. The summed E-state index contributed by atoms with van der Waals surface area (Å²) in [4.78, 5) is 18.1. The smallest absolute Gasteiger partial charge is 0.241 e. The molecule has 1 amide bonds. The third kappa shape index (κ3) is 3.26. The normalized spacial score (nSPS) is 11.4. The Morgan fingerprint density at radius 1 is 1.30 bits per heavy atom. The summed E-state index contributed by atoms with van der Waals surface area (Å²) in [7, 11) is 0. The highest BCUT2D eigenvalue weighted by atomic mass is 19.1. The molecule has 2 heterocycles. The summed E-state index contributed by atoms with van der Waals surface area (Å²) in [6, 6.07) is 5.35. The van der Waals surface area contributed by atoms with Crippen molar-refractivity contribution in [3.8, 4) is 0 Å². The second-order valence-electron chi connectivity index (χ2n) is 5.13. The predicted molar refractivity (Wildman–Crippen MR) is 83.5 cm³/mol. The number of amides is 1. The van der Waals surface area contributed by atoms with Crippen LogP contribution in [0.25, 0.3) is 17.1 Å². The SMILES string of the molecule is NC(=O)C=Cc1c[nH]c2ncc(Cc3ccc(F)cc3F)cc12. The number of fused-ring (bicyclic) bond motifs is 1. The molecule has 23 heavy (non-hydrogen) atoms. The molecule has 0 radical (unpaired) electrons. The van der Waals surface area contributed by atoms with E-state index >= 15 is 0 Å². The van der Waals surface area contributed by atoms with E-state index in [9.17, 15) is 13.6 Å². The van der Waals surface area contributed by atoms with Crippen molar-refractivity contribution in [1.29, 1.82) is 0 Å². The Hall–Kier alpha value is -3.02. The lowest BCUT2D eigenvalue weighted by molar-refractivity contribution is -0.113. The van der Waals surface area contributed by atoms with Crippen LogP contribution in [-0.2, 0) is 11.2 Å². The van der Waals surface area contributed by atoms with Crippen molar-refractivity contribution in [3.63, 3.8) is 0 Å². The van der Waals surface area contributed by atoms with E-state index < -0.39 is 17.5 Å². The lowest BCUT2D eigenvalue weighted by Crippen LogP contribution is -2.04. The van der Waals surface area contributed by atoms with Crippen molar-refractivity contribution in [2.75, 3.05) is 0 Å². The van der Waals surface area contributed by atoms with E-state index in [0.29, 0.717) is 17.6 Å². The van der Waals surface area contributed by atoms with Gasteiger partial charge in [0.15, 0.2) is 0 Å². The molecule has 4 nitrogen and oxygen atoms in total. The summed E-state index contributed by atoms with van der Waals surface area (Å²) in [5.41, 5.74) is 7.66. The molecule has 3 rings (SSSR count). The number of carbonyl (C=O) groups is 1. The van der Waals surface area contributed by atoms with Crippen molar-refractivity contribution in [1.82, 2.24) is 9.97 Å². The maximum Gasteiger partial charge on any atom is 0.241 e. The van der Waals surface area contributed by atoms with E-state index in [4.69, 9.17) is 5.73 Å². The molecule has 0 fully saturated rings. The molecule has 3 aromatic rings. The minimum Gasteiger partial charge on any atom is -0.366 e. The van der Waals surface area contributed by atoms with Gasteiger partial charge in [-0.1, -0.05) is 6.07 Å². The van der Waals surface area contributed by atoms with Crippen LogP contribution in [0, 0.1) is 11.6 Å². The molecule has 0 bridgehead atoms. The third-order valence-corrected chi connectivity index (χ3v) is 3.46. The summed E-state index contributed by atoms with van der Waals surface area (Å²) in [5.74, 6) is -1.74. The summed E-state index contributed by atoms with van der Waals surface area (Å²) >= 11 is 0. The number of nitrogens with one attached hydrogen (secondary N) is 1. The Morgan fingerprint density at radius 2 is 2.13 bits per heavy atom. The zero-order valence-corrected chi connectivity index (χ0v) is 12.0. The predicted octanol–water partition coefficient (Wildman–Crippen LogP) is 2.93. The Morgan fingerprint density at radius 3 is 2.87 bits per heavy atom. The molecule has 0 saturated carbocycles. The van der Waals surface area contributed by atoms with Crippen LogP contribution in [0.1, 0.15) is 16.7 Å². The van der Waals surface area contributed by atoms with Gasteiger partial charge in [0.25, 0.3) is 0 Å². The quantitative estimate of drug-likeness (QED) is 0.727. The first-order chi connectivity index (χ1) is 11.0. The summed E-state index contributed by atoms with van der Waals surface area (Å²) in [6.07, 6.45) is 6.47. The Labute approximate surface area is 130 Å². The first-order valence-electron chi connectivity index (χ1n) is 6.90. The molecule has 2 aromatic heterocycles. The second kappa shape index (κ2) is 6.00. The van der Waals surface area contributed by atoms with Crippen LogP contribution < -0.4 is 5.73 Å². The van der Waals surface area contributed by atoms with E-state index in [2.05, 4.69) is 9.97 Å². The van der Waals surface area contributed by atoms with Crippen LogP contribution >= 0.6 is 0 Å².